The number of piperidine rings is 4. The van der Waals surface area contributed by atoms with E-state index in [9.17, 15) is 14.4 Å². The van der Waals surface area contributed by atoms with Gasteiger partial charge < -0.3 is 25.8 Å². The lowest BCUT2D eigenvalue weighted by Gasteiger charge is -2.38. The molecule has 3 amide bonds. The molecular weight excluding hydrogens is 618 g/mol. The summed E-state index contributed by atoms with van der Waals surface area (Å²) in [5, 5.41) is 5.75. The van der Waals surface area contributed by atoms with Crippen molar-refractivity contribution in [3.63, 3.8) is 0 Å². The molecule has 0 radical (unpaired) electrons. The van der Waals surface area contributed by atoms with E-state index >= 15 is 0 Å². The van der Waals surface area contributed by atoms with Gasteiger partial charge in [0.05, 0.1) is 12.1 Å². The topological polar surface area (TPSA) is 150 Å². The zero-order valence-corrected chi connectivity index (χ0v) is 28.1. The van der Waals surface area contributed by atoms with Crippen molar-refractivity contribution in [2.24, 2.45) is 11.7 Å². The van der Waals surface area contributed by atoms with Crippen molar-refractivity contribution in [2.45, 2.75) is 69.6 Å². The predicted molar refractivity (Wildman–Crippen MR) is 189 cm³/mol. The molecular formula is C37H47N9O3. The second kappa shape index (κ2) is 14.9. The highest BCUT2D eigenvalue weighted by Crippen LogP contribution is 2.32. The van der Waals surface area contributed by atoms with Crippen LogP contribution in [0.2, 0.25) is 0 Å². The van der Waals surface area contributed by atoms with Crippen LogP contribution in [0, 0.1) is 5.92 Å². The number of rotatable bonds is 9. The van der Waals surface area contributed by atoms with Crippen molar-refractivity contribution in [2.75, 3.05) is 60.9 Å². The molecule has 4 aliphatic rings. The number of imide groups is 1. The SMILES string of the molecule is NC(=O)c1ncc(N2CCCCC2)nc1Nc1ccc(C2CCN(CC3CCN(c4ccc(C5CCC(=O)NC5=O)cn4)CC3)CC2)cc1. The average Bonchev–Trinajstić information content (AvgIpc) is 3.13. The second-order valence-corrected chi connectivity index (χ2v) is 14.0. The molecule has 4 saturated heterocycles. The predicted octanol–water partition coefficient (Wildman–Crippen LogP) is 4.32. The first-order valence-corrected chi connectivity index (χ1v) is 18.0. The maximum absolute atomic E-state index is 12.2. The number of primary amides is 1. The van der Waals surface area contributed by atoms with Gasteiger partial charge in [0.15, 0.2) is 11.5 Å². The highest BCUT2D eigenvalue weighted by molar-refractivity contribution is 6.01. The van der Waals surface area contributed by atoms with E-state index < -0.39 is 5.91 Å². The van der Waals surface area contributed by atoms with Gasteiger partial charge in [-0.3, -0.25) is 19.7 Å². The highest BCUT2D eigenvalue weighted by atomic mass is 16.2. The smallest absolute Gasteiger partial charge is 0.271 e. The number of carbonyl (C=O) groups is 3. The molecule has 1 unspecified atom stereocenters. The normalized spacial score (nSPS) is 21.4. The molecule has 12 heteroatoms. The van der Waals surface area contributed by atoms with E-state index in [1.54, 1.807) is 12.4 Å². The van der Waals surface area contributed by atoms with Crippen LogP contribution < -0.4 is 26.2 Å². The molecule has 0 spiro atoms. The maximum Gasteiger partial charge on any atom is 0.271 e. The van der Waals surface area contributed by atoms with Crippen LogP contribution in [0.4, 0.5) is 23.1 Å². The molecule has 4 N–H and O–H groups in total. The third kappa shape index (κ3) is 7.85. The van der Waals surface area contributed by atoms with E-state index in [2.05, 4.69) is 59.6 Å². The molecule has 1 aromatic carbocycles. The number of likely N-dealkylation sites (tertiary alicyclic amines) is 1. The minimum atomic E-state index is -0.593. The Kier molecular flexibility index (Phi) is 10.0. The Hall–Kier alpha value is -4.58. The lowest BCUT2D eigenvalue weighted by molar-refractivity contribution is -0.134. The van der Waals surface area contributed by atoms with Crippen molar-refractivity contribution in [3.05, 3.63) is 65.6 Å². The van der Waals surface area contributed by atoms with E-state index in [1.807, 2.05) is 12.1 Å². The maximum atomic E-state index is 12.2. The van der Waals surface area contributed by atoms with Crippen molar-refractivity contribution < 1.29 is 14.4 Å². The molecule has 49 heavy (non-hydrogen) atoms. The number of carbonyl (C=O) groups excluding carboxylic acids is 3. The first kappa shape index (κ1) is 32.9. The van der Waals surface area contributed by atoms with Crippen LogP contribution in [0.1, 0.15) is 91.2 Å². The van der Waals surface area contributed by atoms with E-state index in [1.165, 1.54) is 12.0 Å². The number of hydrogen-bond donors (Lipinski definition) is 3. The number of amides is 3. The molecule has 1 atom stereocenters. The fourth-order valence-electron chi connectivity index (χ4n) is 7.86. The molecule has 4 aliphatic heterocycles. The van der Waals surface area contributed by atoms with Gasteiger partial charge in [0.25, 0.3) is 5.91 Å². The molecule has 0 saturated carbocycles. The number of nitrogens with one attached hydrogen (secondary N) is 2. The number of aromatic nitrogens is 3. The molecule has 2 aromatic heterocycles. The Morgan fingerprint density at radius 2 is 1.51 bits per heavy atom. The summed E-state index contributed by atoms with van der Waals surface area (Å²) in [5.74, 6) is 2.06. The molecule has 7 rings (SSSR count). The third-order valence-corrected chi connectivity index (χ3v) is 10.8. The van der Waals surface area contributed by atoms with Crippen LogP contribution in [-0.2, 0) is 9.59 Å². The highest BCUT2D eigenvalue weighted by Gasteiger charge is 2.29. The third-order valence-electron chi connectivity index (χ3n) is 10.8. The van der Waals surface area contributed by atoms with Gasteiger partial charge in [0, 0.05) is 51.0 Å². The summed E-state index contributed by atoms with van der Waals surface area (Å²) in [7, 11) is 0. The fourth-order valence-corrected chi connectivity index (χ4v) is 7.86. The van der Waals surface area contributed by atoms with Gasteiger partial charge in [-0.1, -0.05) is 18.2 Å². The summed E-state index contributed by atoms with van der Waals surface area (Å²) < 4.78 is 0. The Labute approximate surface area is 287 Å². The van der Waals surface area contributed by atoms with Gasteiger partial charge in [0.1, 0.15) is 11.6 Å². The summed E-state index contributed by atoms with van der Waals surface area (Å²) in [6, 6.07) is 12.5. The van der Waals surface area contributed by atoms with Gasteiger partial charge in [-0.05, 0) is 106 Å². The quantitative estimate of drug-likeness (QED) is 0.282. The van der Waals surface area contributed by atoms with Crippen LogP contribution in [-0.4, -0.2) is 83.4 Å². The molecule has 12 nitrogen and oxygen atoms in total. The number of nitrogens with zero attached hydrogens (tertiary/aromatic N) is 6. The average molecular weight is 666 g/mol. The molecule has 6 heterocycles. The zero-order valence-electron chi connectivity index (χ0n) is 28.1. The molecule has 0 aliphatic carbocycles. The lowest BCUT2D eigenvalue weighted by atomic mass is 9.88. The number of hydrogen-bond acceptors (Lipinski definition) is 10. The minimum Gasteiger partial charge on any atom is -0.364 e. The van der Waals surface area contributed by atoms with E-state index in [-0.39, 0.29) is 23.4 Å². The van der Waals surface area contributed by atoms with E-state index in [4.69, 9.17) is 10.7 Å². The number of nitrogens with two attached hydrogens (primary N) is 1. The van der Waals surface area contributed by atoms with E-state index in [0.717, 1.165) is 107 Å². The Balaban J connectivity index is 0.868. The van der Waals surface area contributed by atoms with Crippen LogP contribution in [0.5, 0.6) is 0 Å². The summed E-state index contributed by atoms with van der Waals surface area (Å²) in [6.07, 6.45) is 12.5. The van der Waals surface area contributed by atoms with Crippen molar-refractivity contribution in [1.29, 1.82) is 0 Å². The molecule has 0 bridgehead atoms. The Morgan fingerprint density at radius 3 is 2.18 bits per heavy atom. The Bertz CT molecular complexity index is 1630. The number of pyridine rings is 1. The van der Waals surface area contributed by atoms with Gasteiger partial charge in [-0.2, -0.15) is 0 Å². The van der Waals surface area contributed by atoms with Crippen LogP contribution in [0.3, 0.4) is 0 Å². The molecule has 3 aromatic rings. The van der Waals surface area contributed by atoms with E-state index in [0.29, 0.717) is 30.5 Å². The lowest BCUT2D eigenvalue weighted by Crippen LogP contribution is -2.41. The molecule has 4 fully saturated rings. The zero-order chi connectivity index (χ0) is 33.7. The number of anilines is 4. The van der Waals surface area contributed by atoms with Crippen LogP contribution >= 0.6 is 0 Å². The second-order valence-electron chi connectivity index (χ2n) is 14.0. The fraction of sp³-hybridized carbons (Fsp3) is 0.514. The monoisotopic (exact) mass is 665 g/mol. The van der Waals surface area contributed by atoms with Crippen molar-refractivity contribution in [3.8, 4) is 0 Å². The summed E-state index contributed by atoms with van der Waals surface area (Å²) >= 11 is 0. The largest absolute Gasteiger partial charge is 0.364 e. The van der Waals surface area contributed by atoms with Gasteiger partial charge in [0.2, 0.25) is 11.8 Å². The van der Waals surface area contributed by atoms with Gasteiger partial charge in [-0.15, -0.1) is 0 Å². The summed E-state index contributed by atoms with van der Waals surface area (Å²) in [6.45, 7) is 7.22. The van der Waals surface area contributed by atoms with Crippen LogP contribution in [0.25, 0.3) is 0 Å². The molecule has 258 valence electrons. The van der Waals surface area contributed by atoms with Crippen molar-refractivity contribution >= 4 is 40.9 Å². The first-order valence-electron chi connectivity index (χ1n) is 18.0. The summed E-state index contributed by atoms with van der Waals surface area (Å²) in [4.78, 5) is 56.8. The first-order chi connectivity index (χ1) is 23.9. The number of benzene rings is 1. The van der Waals surface area contributed by atoms with Gasteiger partial charge >= 0.3 is 0 Å². The Morgan fingerprint density at radius 1 is 0.796 bits per heavy atom. The van der Waals surface area contributed by atoms with Crippen molar-refractivity contribution in [1.82, 2.24) is 25.2 Å². The van der Waals surface area contributed by atoms with Gasteiger partial charge in [-0.25, -0.2) is 15.0 Å². The standard InChI is InChI=1S/C37H47N9O3/c38-35(48)34-36(42-32(23-40-34)45-16-2-1-3-17-45)41-29-7-4-26(5-8-29)27-14-18-44(19-15-27)24-25-12-20-46(21-13-25)31-10-6-28(22-39-31)30-9-11-33(47)43-37(30)49/h4-8,10,22-23,25,27,30H,1-3,9,11-21,24H2,(H2,38,48)(H,41,42)(H,43,47,49). The van der Waals surface area contributed by atoms with Crippen LogP contribution in [0.15, 0.2) is 48.8 Å². The minimum absolute atomic E-state index is 0.153. The summed E-state index contributed by atoms with van der Waals surface area (Å²) in [5.41, 5.74) is 8.87.